The molecule has 0 aliphatic carbocycles. The summed E-state index contributed by atoms with van der Waals surface area (Å²) in [5.74, 6) is 0. The minimum atomic E-state index is -0.652. The van der Waals surface area contributed by atoms with Crippen molar-refractivity contribution in [3.05, 3.63) is 75.9 Å². The first kappa shape index (κ1) is 28.5. The number of nitrogens with zero attached hydrogens (tertiary/aromatic N) is 5. The number of carbonyl (C=O) groups is 2. The molecule has 0 atom stereocenters. The number of halogens is 1. The van der Waals surface area contributed by atoms with Crippen LogP contribution in [0.3, 0.4) is 0 Å². The van der Waals surface area contributed by atoms with Gasteiger partial charge in [0.2, 0.25) is 0 Å². The molecular weight excluding hydrogens is 609 g/mol. The molecule has 1 amide bonds. The van der Waals surface area contributed by atoms with E-state index in [0.717, 1.165) is 27.6 Å². The largest absolute Gasteiger partial charge is 0.444 e. The smallest absolute Gasteiger partial charge is 0.437 e. The van der Waals surface area contributed by atoms with Gasteiger partial charge in [-0.25, -0.2) is 14.6 Å². The number of amides is 1. The summed E-state index contributed by atoms with van der Waals surface area (Å²) < 4.78 is 13.0. The average molecular weight is 642 g/mol. The molecule has 10 heteroatoms. The Labute approximate surface area is 241 Å². The van der Waals surface area contributed by atoms with E-state index < -0.39 is 23.4 Å². The number of benzene rings is 1. The monoisotopic (exact) mass is 641 g/mol. The molecular formula is C29H32IN5O4. The van der Waals surface area contributed by atoms with Gasteiger partial charge >= 0.3 is 12.2 Å². The third-order valence-electron chi connectivity index (χ3n) is 5.41. The van der Waals surface area contributed by atoms with Crippen LogP contribution in [-0.4, -0.2) is 48.0 Å². The number of fused-ring (bicyclic) bond motifs is 1. The highest BCUT2D eigenvalue weighted by Gasteiger charge is 2.24. The first-order chi connectivity index (χ1) is 18.3. The van der Waals surface area contributed by atoms with Crippen LogP contribution in [0.25, 0.3) is 22.2 Å². The number of rotatable bonds is 5. The van der Waals surface area contributed by atoms with Crippen molar-refractivity contribution < 1.29 is 19.1 Å². The topological polar surface area (TPSA) is 99.4 Å². The minimum Gasteiger partial charge on any atom is -0.444 e. The van der Waals surface area contributed by atoms with Crippen LogP contribution in [0.5, 0.6) is 0 Å². The zero-order valence-corrected chi connectivity index (χ0v) is 25.1. The summed E-state index contributed by atoms with van der Waals surface area (Å²) in [6, 6.07) is 13.7. The van der Waals surface area contributed by atoms with Gasteiger partial charge in [0.1, 0.15) is 14.9 Å². The van der Waals surface area contributed by atoms with E-state index >= 15 is 0 Å². The molecule has 9 nitrogen and oxygen atoms in total. The molecule has 0 N–H and O–H groups in total. The molecule has 0 saturated carbocycles. The minimum absolute atomic E-state index is 0.314. The molecule has 1 aromatic carbocycles. The van der Waals surface area contributed by atoms with Crippen LogP contribution in [0.4, 0.5) is 9.59 Å². The van der Waals surface area contributed by atoms with Crippen molar-refractivity contribution >= 4 is 45.8 Å². The van der Waals surface area contributed by atoms with Crippen LogP contribution < -0.4 is 0 Å². The van der Waals surface area contributed by atoms with Crippen LogP contribution in [0.2, 0.25) is 0 Å². The maximum absolute atomic E-state index is 13.1. The van der Waals surface area contributed by atoms with E-state index in [9.17, 15) is 9.59 Å². The number of pyridine rings is 2. The quantitative estimate of drug-likeness (QED) is 0.221. The average Bonchev–Trinajstić information content (AvgIpc) is 3.18. The molecule has 0 aliphatic rings. The van der Waals surface area contributed by atoms with E-state index in [1.54, 1.807) is 44.3 Å². The molecule has 0 aliphatic heterocycles. The lowest BCUT2D eigenvalue weighted by Crippen LogP contribution is -2.36. The van der Waals surface area contributed by atoms with E-state index in [-0.39, 0.29) is 0 Å². The summed E-state index contributed by atoms with van der Waals surface area (Å²) >= 11 is 2.08. The number of ether oxygens (including phenoxy) is 2. The van der Waals surface area contributed by atoms with Gasteiger partial charge in [-0.15, -0.1) is 4.68 Å². The fourth-order valence-corrected chi connectivity index (χ4v) is 4.44. The van der Waals surface area contributed by atoms with Crippen LogP contribution in [0.1, 0.15) is 52.7 Å². The van der Waals surface area contributed by atoms with Crippen molar-refractivity contribution in [2.24, 2.45) is 0 Å². The highest BCUT2D eigenvalue weighted by molar-refractivity contribution is 14.1. The van der Waals surface area contributed by atoms with Crippen LogP contribution in [0, 0.1) is 3.70 Å². The molecule has 3 heterocycles. The molecule has 204 valence electrons. The Morgan fingerprint density at radius 2 is 1.51 bits per heavy atom. The second kappa shape index (κ2) is 11.3. The standard InChI is InChI=1S/C29H32IN5O4/c1-28(2,3)38-26(36)34(17-19-10-8-7-9-11-19)18-20-12-21(15-31-14-20)22-13-23-24(30)33-35(25(23)32-16-22)27(37)39-29(4,5)6/h7-16H,17-18H2,1-6H3. The third-order valence-corrected chi connectivity index (χ3v) is 6.21. The summed E-state index contributed by atoms with van der Waals surface area (Å²) in [4.78, 5) is 36.3. The van der Waals surface area contributed by atoms with Gasteiger partial charge in [0.05, 0.1) is 11.9 Å². The molecule has 0 saturated heterocycles. The summed E-state index contributed by atoms with van der Waals surface area (Å²) in [5, 5.41) is 5.07. The highest BCUT2D eigenvalue weighted by atomic mass is 127. The zero-order valence-electron chi connectivity index (χ0n) is 22.9. The molecule has 0 unspecified atom stereocenters. The lowest BCUT2D eigenvalue weighted by atomic mass is 10.1. The molecule has 0 radical (unpaired) electrons. The van der Waals surface area contributed by atoms with Gasteiger partial charge < -0.3 is 9.47 Å². The van der Waals surface area contributed by atoms with Crippen molar-refractivity contribution in [1.82, 2.24) is 24.6 Å². The molecule has 3 aromatic heterocycles. The fraction of sp³-hybridized carbons (Fsp3) is 0.345. The molecule has 0 bridgehead atoms. The van der Waals surface area contributed by atoms with Crippen molar-refractivity contribution in [2.45, 2.75) is 65.8 Å². The Bertz CT molecular complexity index is 1490. The van der Waals surface area contributed by atoms with Gasteiger partial charge in [-0.1, -0.05) is 30.3 Å². The Hall–Kier alpha value is -3.54. The van der Waals surface area contributed by atoms with E-state index in [1.165, 1.54) is 4.68 Å². The van der Waals surface area contributed by atoms with Gasteiger partial charge in [0.25, 0.3) is 0 Å². The number of carbonyl (C=O) groups excluding carboxylic acids is 2. The molecule has 4 rings (SSSR count). The SMILES string of the molecule is CC(C)(C)OC(=O)N(Cc1ccccc1)Cc1cncc(-c2cnc3c(c2)c(I)nn3C(=O)OC(C)(C)C)c1. The van der Waals surface area contributed by atoms with E-state index in [1.807, 2.05) is 63.2 Å². The first-order valence-corrected chi connectivity index (χ1v) is 13.6. The zero-order chi connectivity index (χ0) is 28.4. The summed E-state index contributed by atoms with van der Waals surface area (Å²) in [6.45, 7) is 11.7. The van der Waals surface area contributed by atoms with Crippen molar-refractivity contribution in [2.75, 3.05) is 0 Å². The molecule has 39 heavy (non-hydrogen) atoms. The Morgan fingerprint density at radius 1 is 0.872 bits per heavy atom. The summed E-state index contributed by atoms with van der Waals surface area (Å²) in [5.41, 5.74) is 2.62. The molecule has 0 spiro atoms. The summed E-state index contributed by atoms with van der Waals surface area (Å²) in [6.07, 6.45) is 4.18. The van der Waals surface area contributed by atoms with Gasteiger partial charge in [-0.3, -0.25) is 9.88 Å². The van der Waals surface area contributed by atoms with Crippen molar-refractivity contribution in [3.63, 3.8) is 0 Å². The predicted molar refractivity (Wildman–Crippen MR) is 157 cm³/mol. The van der Waals surface area contributed by atoms with Gasteiger partial charge in [-0.2, -0.15) is 5.10 Å². The number of aromatic nitrogens is 4. The summed E-state index contributed by atoms with van der Waals surface area (Å²) in [7, 11) is 0. The van der Waals surface area contributed by atoms with Crippen molar-refractivity contribution in [1.29, 1.82) is 0 Å². The molecule has 0 fully saturated rings. The maximum atomic E-state index is 13.1. The van der Waals surface area contributed by atoms with E-state index in [4.69, 9.17) is 9.47 Å². The van der Waals surface area contributed by atoms with E-state index in [0.29, 0.717) is 22.4 Å². The van der Waals surface area contributed by atoms with Gasteiger partial charge in [-0.05, 0) is 87.4 Å². The normalized spacial score (nSPS) is 11.9. The second-order valence-electron chi connectivity index (χ2n) is 11.2. The Balaban J connectivity index is 1.62. The lowest BCUT2D eigenvalue weighted by Gasteiger charge is -2.27. The second-order valence-corrected chi connectivity index (χ2v) is 12.2. The predicted octanol–water partition coefficient (Wildman–Crippen LogP) is 6.82. The van der Waals surface area contributed by atoms with Crippen LogP contribution in [-0.2, 0) is 22.6 Å². The van der Waals surface area contributed by atoms with Crippen LogP contribution in [0.15, 0.2) is 61.1 Å². The Morgan fingerprint density at radius 3 is 2.18 bits per heavy atom. The number of hydrogen-bond acceptors (Lipinski definition) is 7. The third kappa shape index (κ3) is 7.53. The Kier molecular flexibility index (Phi) is 8.24. The highest BCUT2D eigenvalue weighted by Crippen LogP contribution is 2.27. The van der Waals surface area contributed by atoms with E-state index in [2.05, 4.69) is 37.7 Å². The van der Waals surface area contributed by atoms with Gasteiger partial charge in [0, 0.05) is 36.3 Å². The van der Waals surface area contributed by atoms with Gasteiger partial charge in [0.15, 0.2) is 5.65 Å². The first-order valence-electron chi connectivity index (χ1n) is 12.5. The molecule has 4 aromatic rings. The maximum Gasteiger partial charge on any atom is 0.437 e. The lowest BCUT2D eigenvalue weighted by molar-refractivity contribution is 0.0216. The van der Waals surface area contributed by atoms with Crippen LogP contribution >= 0.6 is 22.6 Å². The van der Waals surface area contributed by atoms with Crippen molar-refractivity contribution in [3.8, 4) is 11.1 Å². The number of hydrogen-bond donors (Lipinski definition) is 0. The fourth-order valence-electron chi connectivity index (χ4n) is 3.83.